The lowest BCUT2D eigenvalue weighted by Crippen LogP contribution is -2.45. The molecule has 0 spiro atoms. The summed E-state index contributed by atoms with van der Waals surface area (Å²) in [6, 6.07) is 6.18. The van der Waals surface area contributed by atoms with Crippen molar-refractivity contribution in [1.82, 2.24) is 20.1 Å². The number of benzene rings is 1. The Morgan fingerprint density at radius 3 is 2.58 bits per heavy atom. The van der Waals surface area contributed by atoms with Crippen LogP contribution in [0.25, 0.3) is 10.9 Å². The number of nitrogens with one attached hydrogen (secondary N) is 3. The van der Waals surface area contributed by atoms with Crippen molar-refractivity contribution in [2.75, 3.05) is 5.32 Å². The second-order valence-corrected chi connectivity index (χ2v) is 10.6. The van der Waals surface area contributed by atoms with E-state index in [4.69, 9.17) is 16.9 Å². The van der Waals surface area contributed by atoms with Crippen molar-refractivity contribution in [3.63, 3.8) is 0 Å². The fourth-order valence-electron chi connectivity index (χ4n) is 4.44. The zero-order chi connectivity index (χ0) is 26.3. The second-order valence-electron chi connectivity index (χ2n) is 10.2. The summed E-state index contributed by atoms with van der Waals surface area (Å²) in [4.78, 5) is 15.4. The Kier molecular flexibility index (Phi) is 7.08. The molecule has 11 heteroatoms. The van der Waals surface area contributed by atoms with Crippen LogP contribution in [0.1, 0.15) is 64.1 Å². The lowest BCUT2D eigenvalue weighted by Gasteiger charge is -2.31. The molecular formula is C25H28ClF3N6O. The molecule has 1 aromatic carbocycles. The van der Waals surface area contributed by atoms with Gasteiger partial charge in [0.15, 0.2) is 5.82 Å². The van der Waals surface area contributed by atoms with Crippen LogP contribution >= 0.6 is 11.6 Å². The summed E-state index contributed by atoms with van der Waals surface area (Å²) in [5.74, 6) is 0.662. The lowest BCUT2D eigenvalue weighted by atomic mass is 10.0. The van der Waals surface area contributed by atoms with Crippen molar-refractivity contribution < 1.29 is 13.2 Å². The van der Waals surface area contributed by atoms with E-state index in [9.17, 15) is 18.0 Å². The first-order valence-corrected chi connectivity index (χ1v) is 12.1. The molecule has 7 nitrogen and oxygen atoms in total. The highest BCUT2D eigenvalue weighted by Gasteiger charge is 2.43. The number of anilines is 2. The third-order valence-electron chi connectivity index (χ3n) is 6.14. The molecule has 3 aromatic rings. The predicted octanol–water partition coefficient (Wildman–Crippen LogP) is 6.37. The van der Waals surface area contributed by atoms with Crippen LogP contribution < -0.4 is 16.2 Å². The van der Waals surface area contributed by atoms with Crippen molar-refractivity contribution in [3.05, 3.63) is 51.4 Å². The van der Waals surface area contributed by atoms with Gasteiger partial charge in [-0.2, -0.15) is 23.5 Å². The first-order chi connectivity index (χ1) is 16.9. The Labute approximate surface area is 211 Å². The molecule has 2 unspecified atom stereocenters. The number of H-pyrrole nitrogens is 1. The standard InChI is InChI=1S/C25H28ClF3N6O/c1-24(2,3)33-21(25(27,28)29)16-9-8-15(13-17(16)26)32-22-20-19(10-12-31-23(20)36)35(34-22)18(5-4-11-30)14-6-7-14/h8-10,12-14,18,21,33H,4-7H2,1-3H3,(H,31,36)(H,32,34). The number of nitriles is 1. The van der Waals surface area contributed by atoms with Crippen LogP contribution in [-0.4, -0.2) is 26.5 Å². The van der Waals surface area contributed by atoms with Crippen molar-refractivity contribution in [2.24, 2.45) is 5.92 Å². The predicted molar refractivity (Wildman–Crippen MR) is 133 cm³/mol. The molecule has 192 valence electrons. The van der Waals surface area contributed by atoms with E-state index in [1.54, 1.807) is 37.7 Å². The van der Waals surface area contributed by atoms with Gasteiger partial charge in [-0.15, -0.1) is 0 Å². The highest BCUT2D eigenvalue weighted by molar-refractivity contribution is 6.31. The van der Waals surface area contributed by atoms with Crippen molar-refractivity contribution >= 4 is 34.0 Å². The van der Waals surface area contributed by atoms with Gasteiger partial charge < -0.3 is 10.3 Å². The van der Waals surface area contributed by atoms with E-state index < -0.39 is 17.8 Å². The molecule has 3 N–H and O–H groups in total. The van der Waals surface area contributed by atoms with Gasteiger partial charge in [0.2, 0.25) is 0 Å². The number of aromatic nitrogens is 3. The van der Waals surface area contributed by atoms with E-state index in [2.05, 4.69) is 26.8 Å². The molecule has 2 atom stereocenters. The van der Waals surface area contributed by atoms with E-state index in [-0.39, 0.29) is 28.0 Å². The van der Waals surface area contributed by atoms with Gasteiger partial charge >= 0.3 is 6.18 Å². The van der Waals surface area contributed by atoms with Gasteiger partial charge in [-0.1, -0.05) is 17.7 Å². The molecule has 2 aromatic heterocycles. The number of nitrogens with zero attached hydrogens (tertiary/aromatic N) is 3. The lowest BCUT2D eigenvalue weighted by molar-refractivity contribution is -0.161. The summed E-state index contributed by atoms with van der Waals surface area (Å²) in [6.07, 6.45) is 0.0488. The molecule has 4 rings (SSSR count). The zero-order valence-corrected chi connectivity index (χ0v) is 21.0. The maximum Gasteiger partial charge on any atom is 0.407 e. The molecule has 2 heterocycles. The van der Waals surface area contributed by atoms with E-state index in [0.29, 0.717) is 35.3 Å². The van der Waals surface area contributed by atoms with Gasteiger partial charge in [-0.3, -0.25) is 14.8 Å². The Morgan fingerprint density at radius 2 is 2.00 bits per heavy atom. The molecule has 0 saturated heterocycles. The summed E-state index contributed by atoms with van der Waals surface area (Å²) in [7, 11) is 0. The molecule has 0 amide bonds. The number of aromatic amines is 1. The van der Waals surface area contributed by atoms with E-state index >= 15 is 0 Å². The summed E-state index contributed by atoms with van der Waals surface area (Å²) in [6.45, 7) is 4.96. The summed E-state index contributed by atoms with van der Waals surface area (Å²) < 4.78 is 43.2. The molecule has 0 bridgehead atoms. The number of rotatable bonds is 8. The number of hydrogen-bond acceptors (Lipinski definition) is 5. The molecule has 1 fully saturated rings. The minimum Gasteiger partial charge on any atom is -0.338 e. The molecule has 1 aliphatic carbocycles. The average molecular weight is 521 g/mol. The average Bonchev–Trinajstić information content (AvgIpc) is 3.54. The highest BCUT2D eigenvalue weighted by atomic mass is 35.5. The number of halogens is 4. The van der Waals surface area contributed by atoms with Crippen LogP contribution in [-0.2, 0) is 0 Å². The third kappa shape index (κ3) is 5.68. The van der Waals surface area contributed by atoms with Crippen LogP contribution in [0.15, 0.2) is 35.3 Å². The maximum absolute atomic E-state index is 13.8. The minimum atomic E-state index is -4.55. The van der Waals surface area contributed by atoms with Gasteiger partial charge in [-0.25, -0.2) is 0 Å². The monoisotopic (exact) mass is 520 g/mol. The van der Waals surface area contributed by atoms with Crippen LogP contribution in [0, 0.1) is 17.2 Å². The fraction of sp³-hybridized carbons (Fsp3) is 0.480. The molecule has 1 saturated carbocycles. The smallest absolute Gasteiger partial charge is 0.338 e. The zero-order valence-electron chi connectivity index (χ0n) is 20.2. The second kappa shape index (κ2) is 9.79. The van der Waals surface area contributed by atoms with Crippen LogP contribution in [0.2, 0.25) is 5.02 Å². The van der Waals surface area contributed by atoms with Crippen LogP contribution in [0.4, 0.5) is 24.7 Å². The van der Waals surface area contributed by atoms with Gasteiger partial charge in [0.05, 0.1) is 17.6 Å². The van der Waals surface area contributed by atoms with Crippen molar-refractivity contribution in [1.29, 1.82) is 5.26 Å². The van der Waals surface area contributed by atoms with Crippen LogP contribution in [0.5, 0.6) is 0 Å². The molecule has 1 aliphatic rings. The molecule has 0 radical (unpaired) electrons. The summed E-state index contributed by atoms with van der Waals surface area (Å²) in [5.41, 5.74) is -0.203. The maximum atomic E-state index is 13.8. The Bertz CT molecular complexity index is 1350. The minimum absolute atomic E-state index is 0.0218. The third-order valence-corrected chi connectivity index (χ3v) is 6.47. The van der Waals surface area contributed by atoms with E-state index in [1.165, 1.54) is 18.2 Å². The van der Waals surface area contributed by atoms with Gasteiger partial charge in [-0.05, 0) is 69.7 Å². The Balaban J connectivity index is 1.70. The Morgan fingerprint density at radius 1 is 1.28 bits per heavy atom. The van der Waals surface area contributed by atoms with Crippen molar-refractivity contribution in [3.8, 4) is 6.07 Å². The largest absolute Gasteiger partial charge is 0.407 e. The SMILES string of the molecule is CC(C)(C)NC(c1ccc(Nc2nn(C(CCC#N)C3CC3)c3cc[nH]c(=O)c23)cc1Cl)C(F)(F)F. The van der Waals surface area contributed by atoms with Gasteiger partial charge in [0.25, 0.3) is 5.56 Å². The van der Waals surface area contributed by atoms with E-state index in [1.807, 2.05) is 0 Å². The quantitative estimate of drug-likeness (QED) is 0.320. The normalized spacial score (nSPS) is 16.1. The topological polar surface area (TPSA) is 98.5 Å². The van der Waals surface area contributed by atoms with Gasteiger partial charge in [0.1, 0.15) is 11.4 Å². The highest BCUT2D eigenvalue weighted by Crippen LogP contribution is 2.44. The van der Waals surface area contributed by atoms with Gasteiger partial charge in [0, 0.05) is 28.9 Å². The number of pyridine rings is 1. The first-order valence-electron chi connectivity index (χ1n) is 11.8. The van der Waals surface area contributed by atoms with Crippen molar-refractivity contribution in [2.45, 2.75) is 70.3 Å². The Hall–Kier alpha value is -3.03. The molecule has 0 aliphatic heterocycles. The molecule has 36 heavy (non-hydrogen) atoms. The number of fused-ring (bicyclic) bond motifs is 1. The van der Waals surface area contributed by atoms with Crippen LogP contribution in [0.3, 0.4) is 0 Å². The van der Waals surface area contributed by atoms with E-state index in [0.717, 1.165) is 12.8 Å². The number of hydrogen-bond donors (Lipinski definition) is 3. The summed E-state index contributed by atoms with van der Waals surface area (Å²) in [5, 5.41) is 19.7. The first kappa shape index (κ1) is 26.0. The fourth-order valence-corrected chi connectivity index (χ4v) is 4.73. The summed E-state index contributed by atoms with van der Waals surface area (Å²) >= 11 is 6.33. The molecular weight excluding hydrogens is 493 g/mol. The number of alkyl halides is 3.